The number of carbonyl (C=O) groups excluding carboxylic acids is 2. The zero-order valence-electron chi connectivity index (χ0n) is 17.4. The summed E-state index contributed by atoms with van der Waals surface area (Å²) in [6.45, 7) is 2.21. The molecule has 0 unspecified atom stereocenters. The summed E-state index contributed by atoms with van der Waals surface area (Å²) in [5.41, 5.74) is 3.76. The molecule has 0 aliphatic rings. The molecule has 160 valence electrons. The average molecular weight is 429 g/mol. The number of unbranched alkanes of at least 4 members (excludes halogenated alkanes) is 6. The van der Waals surface area contributed by atoms with Gasteiger partial charge in [-0.2, -0.15) is 5.10 Å². The van der Waals surface area contributed by atoms with Gasteiger partial charge >= 0.3 is 5.97 Å². The van der Waals surface area contributed by atoms with Crippen molar-refractivity contribution in [3.63, 3.8) is 0 Å². The van der Waals surface area contributed by atoms with Crippen molar-refractivity contribution < 1.29 is 14.3 Å². The third-order valence-corrected chi connectivity index (χ3v) is 4.83. The van der Waals surface area contributed by atoms with Gasteiger partial charge in [-0.3, -0.25) is 4.79 Å². The van der Waals surface area contributed by atoms with Crippen LogP contribution < -0.4 is 10.2 Å². The molecule has 0 aromatic heterocycles. The zero-order chi connectivity index (χ0) is 21.6. The van der Waals surface area contributed by atoms with Crippen molar-refractivity contribution in [2.24, 2.45) is 5.10 Å². The second-order valence-corrected chi connectivity index (χ2v) is 7.57. The average Bonchev–Trinajstić information content (AvgIpc) is 2.75. The van der Waals surface area contributed by atoms with E-state index >= 15 is 0 Å². The quantitative estimate of drug-likeness (QED) is 0.145. The van der Waals surface area contributed by atoms with Crippen molar-refractivity contribution in [2.45, 2.75) is 58.3 Å². The Morgan fingerprint density at radius 2 is 1.57 bits per heavy atom. The minimum absolute atomic E-state index is 0.0756. The molecule has 0 radical (unpaired) electrons. The lowest BCUT2D eigenvalue weighted by Gasteiger charge is -2.05. The van der Waals surface area contributed by atoms with E-state index in [2.05, 4.69) is 17.5 Å². The molecular formula is C24H29ClN2O3. The smallest absolute Gasteiger partial charge is 0.343 e. The molecule has 2 aromatic rings. The molecule has 2 rings (SSSR count). The van der Waals surface area contributed by atoms with Gasteiger partial charge < -0.3 is 4.74 Å². The second kappa shape index (κ2) is 13.5. The summed E-state index contributed by atoms with van der Waals surface area (Å²) in [5.74, 6) is -0.103. The fourth-order valence-electron chi connectivity index (χ4n) is 2.85. The Morgan fingerprint density at radius 1 is 0.933 bits per heavy atom. The minimum atomic E-state index is -0.453. The lowest BCUT2D eigenvalue weighted by Crippen LogP contribution is -2.16. The summed E-state index contributed by atoms with van der Waals surface area (Å²) >= 11 is 5.82. The number of ether oxygens (including phenoxy) is 1. The summed E-state index contributed by atoms with van der Waals surface area (Å²) in [6, 6.07) is 13.4. The van der Waals surface area contributed by atoms with E-state index in [1.54, 1.807) is 54.7 Å². The highest BCUT2D eigenvalue weighted by molar-refractivity contribution is 6.30. The van der Waals surface area contributed by atoms with E-state index in [0.29, 0.717) is 22.8 Å². The Kier molecular flexibility index (Phi) is 10.7. The zero-order valence-corrected chi connectivity index (χ0v) is 18.2. The van der Waals surface area contributed by atoms with Crippen LogP contribution in [0.5, 0.6) is 5.75 Å². The van der Waals surface area contributed by atoms with Crippen molar-refractivity contribution in [1.82, 2.24) is 5.43 Å². The van der Waals surface area contributed by atoms with Gasteiger partial charge in [0.05, 0.1) is 11.8 Å². The fraction of sp³-hybridized carbons (Fsp3) is 0.375. The first-order valence-corrected chi connectivity index (χ1v) is 10.9. The first kappa shape index (κ1) is 23.6. The Labute approximate surface area is 183 Å². The maximum Gasteiger partial charge on any atom is 0.343 e. The predicted molar refractivity (Wildman–Crippen MR) is 121 cm³/mol. The van der Waals surface area contributed by atoms with E-state index in [-0.39, 0.29) is 5.91 Å². The molecule has 1 N–H and O–H groups in total. The van der Waals surface area contributed by atoms with Crippen molar-refractivity contribution in [2.75, 3.05) is 0 Å². The van der Waals surface area contributed by atoms with Crippen LogP contribution in [0.4, 0.5) is 0 Å². The van der Waals surface area contributed by atoms with Crippen molar-refractivity contribution >= 4 is 29.7 Å². The second-order valence-electron chi connectivity index (χ2n) is 7.13. The molecule has 0 spiro atoms. The summed E-state index contributed by atoms with van der Waals surface area (Å²) in [6.07, 6.45) is 10.3. The maximum atomic E-state index is 12.1. The molecule has 2 aromatic carbocycles. The van der Waals surface area contributed by atoms with Crippen LogP contribution in [0.3, 0.4) is 0 Å². The fourth-order valence-corrected chi connectivity index (χ4v) is 2.98. The van der Waals surface area contributed by atoms with E-state index in [4.69, 9.17) is 16.3 Å². The van der Waals surface area contributed by atoms with Crippen molar-refractivity contribution in [1.29, 1.82) is 0 Å². The molecule has 0 aliphatic carbocycles. The van der Waals surface area contributed by atoms with Gasteiger partial charge in [-0.15, -0.1) is 0 Å². The van der Waals surface area contributed by atoms with Gasteiger partial charge in [-0.25, -0.2) is 10.2 Å². The Balaban J connectivity index is 1.68. The molecule has 6 heteroatoms. The van der Waals surface area contributed by atoms with Crippen LogP contribution in [0.25, 0.3) is 0 Å². The first-order valence-electron chi connectivity index (χ1n) is 10.5. The normalized spacial score (nSPS) is 10.9. The summed E-state index contributed by atoms with van der Waals surface area (Å²) in [5, 5.41) is 4.54. The van der Waals surface area contributed by atoms with Gasteiger partial charge in [0.2, 0.25) is 5.91 Å². The molecule has 0 bridgehead atoms. The monoisotopic (exact) mass is 428 g/mol. The highest BCUT2D eigenvalue weighted by Gasteiger charge is 2.08. The lowest BCUT2D eigenvalue weighted by molar-refractivity contribution is -0.121. The third kappa shape index (κ3) is 9.23. The number of hydrazone groups is 1. The van der Waals surface area contributed by atoms with E-state index in [9.17, 15) is 9.59 Å². The van der Waals surface area contributed by atoms with Gasteiger partial charge in [0.25, 0.3) is 0 Å². The van der Waals surface area contributed by atoms with Crippen LogP contribution in [0.15, 0.2) is 53.6 Å². The summed E-state index contributed by atoms with van der Waals surface area (Å²) in [7, 11) is 0. The number of esters is 1. The molecule has 0 atom stereocenters. The van der Waals surface area contributed by atoms with Crippen LogP contribution in [0.1, 0.15) is 74.2 Å². The number of carbonyl (C=O) groups is 2. The van der Waals surface area contributed by atoms with Gasteiger partial charge in [-0.05, 0) is 60.5 Å². The molecular weight excluding hydrogens is 400 g/mol. The highest BCUT2D eigenvalue weighted by Crippen LogP contribution is 2.15. The SMILES string of the molecule is CCCCCCCCCC(=O)N/N=C/c1ccc(OC(=O)c2ccc(Cl)cc2)cc1. The minimum Gasteiger partial charge on any atom is -0.423 e. The van der Waals surface area contributed by atoms with Gasteiger partial charge in [0, 0.05) is 11.4 Å². The number of nitrogens with zero attached hydrogens (tertiary/aromatic N) is 1. The van der Waals surface area contributed by atoms with E-state index in [0.717, 1.165) is 18.4 Å². The largest absolute Gasteiger partial charge is 0.423 e. The Morgan fingerprint density at radius 3 is 2.23 bits per heavy atom. The van der Waals surface area contributed by atoms with E-state index in [1.807, 2.05) is 0 Å². The molecule has 0 fully saturated rings. The molecule has 0 heterocycles. The Bertz CT molecular complexity index is 817. The summed E-state index contributed by atoms with van der Waals surface area (Å²) in [4.78, 5) is 23.9. The van der Waals surface area contributed by atoms with Crippen LogP contribution in [-0.4, -0.2) is 18.1 Å². The number of nitrogens with one attached hydrogen (secondary N) is 1. The number of hydrogen-bond donors (Lipinski definition) is 1. The number of amides is 1. The highest BCUT2D eigenvalue weighted by atomic mass is 35.5. The van der Waals surface area contributed by atoms with E-state index < -0.39 is 5.97 Å². The topological polar surface area (TPSA) is 67.8 Å². The number of halogens is 1. The summed E-state index contributed by atoms with van der Waals surface area (Å²) < 4.78 is 5.33. The Hall–Kier alpha value is -2.66. The van der Waals surface area contributed by atoms with Gasteiger partial charge in [0.1, 0.15) is 5.75 Å². The molecule has 30 heavy (non-hydrogen) atoms. The number of rotatable bonds is 12. The predicted octanol–water partition coefficient (Wildman–Crippen LogP) is 6.15. The number of benzene rings is 2. The van der Waals surface area contributed by atoms with Crippen molar-refractivity contribution in [3.05, 3.63) is 64.7 Å². The van der Waals surface area contributed by atoms with Crippen molar-refractivity contribution in [3.8, 4) is 5.75 Å². The van der Waals surface area contributed by atoms with Crippen LogP contribution in [0, 0.1) is 0 Å². The molecule has 0 saturated heterocycles. The standard InChI is InChI=1S/C24H29ClN2O3/c1-2-3-4-5-6-7-8-9-23(28)27-26-18-19-10-16-22(17-11-19)30-24(29)20-12-14-21(25)15-13-20/h10-18H,2-9H2,1H3,(H,27,28)/b26-18+. The molecule has 0 saturated carbocycles. The van der Waals surface area contributed by atoms with Gasteiger partial charge in [0.15, 0.2) is 0 Å². The number of hydrogen-bond acceptors (Lipinski definition) is 4. The first-order chi connectivity index (χ1) is 14.6. The molecule has 0 aliphatic heterocycles. The maximum absolute atomic E-state index is 12.1. The van der Waals surface area contributed by atoms with Crippen LogP contribution in [-0.2, 0) is 4.79 Å². The van der Waals surface area contributed by atoms with Crippen LogP contribution >= 0.6 is 11.6 Å². The van der Waals surface area contributed by atoms with Gasteiger partial charge in [-0.1, -0.05) is 57.0 Å². The molecule has 5 nitrogen and oxygen atoms in total. The molecule has 1 amide bonds. The third-order valence-electron chi connectivity index (χ3n) is 4.58. The van der Waals surface area contributed by atoms with E-state index in [1.165, 1.54) is 32.1 Å². The van der Waals surface area contributed by atoms with Crippen LogP contribution in [0.2, 0.25) is 5.02 Å². The lowest BCUT2D eigenvalue weighted by atomic mass is 10.1.